The fourth-order valence-corrected chi connectivity index (χ4v) is 3.85. The highest BCUT2D eigenvalue weighted by molar-refractivity contribution is 7.15. The van der Waals surface area contributed by atoms with Gasteiger partial charge in [0.05, 0.1) is 18.9 Å². The molecule has 6 heteroatoms. The first-order valence-electron chi connectivity index (χ1n) is 8.05. The van der Waals surface area contributed by atoms with Crippen LogP contribution in [0.25, 0.3) is 16.2 Å². The number of carbonyl (C=O) groups is 1. The molecule has 1 aliphatic rings. The number of carbonyl (C=O) groups excluding carboxylic acids is 1. The van der Waals surface area contributed by atoms with Crippen molar-refractivity contribution < 1.29 is 9.53 Å². The van der Waals surface area contributed by atoms with E-state index in [1.165, 1.54) is 22.5 Å². The Bertz CT molecular complexity index is 906. The van der Waals surface area contributed by atoms with Gasteiger partial charge in [-0.2, -0.15) is 0 Å². The lowest BCUT2D eigenvalue weighted by molar-refractivity contribution is 0.0298. The van der Waals surface area contributed by atoms with E-state index in [1.54, 1.807) is 0 Å². The van der Waals surface area contributed by atoms with Crippen molar-refractivity contribution in [2.75, 3.05) is 26.3 Å². The first kappa shape index (κ1) is 15.4. The normalized spacial score (nSPS) is 15.2. The van der Waals surface area contributed by atoms with Crippen LogP contribution in [0.5, 0.6) is 0 Å². The standard InChI is InChI=1S/C18H19N3O2S/c1-12-3-4-13(2)14(9-12)15-10-21-16(11-24-18(21)19-15)17(22)20-5-7-23-8-6-20/h3-4,9-11H,5-8H2,1-2H3. The number of fused-ring (bicyclic) bond motifs is 1. The third kappa shape index (κ3) is 2.61. The predicted octanol–water partition coefficient (Wildman–Crippen LogP) is 3.15. The lowest BCUT2D eigenvalue weighted by Crippen LogP contribution is -2.41. The zero-order chi connectivity index (χ0) is 16.7. The van der Waals surface area contributed by atoms with Crippen molar-refractivity contribution in [3.8, 4) is 11.3 Å². The molecule has 1 aromatic carbocycles. The molecule has 1 amide bonds. The first-order chi connectivity index (χ1) is 11.6. The number of aryl methyl sites for hydroxylation is 2. The number of rotatable bonds is 2. The average Bonchev–Trinajstić information content (AvgIpc) is 3.17. The quantitative estimate of drug-likeness (QED) is 0.719. The first-order valence-corrected chi connectivity index (χ1v) is 8.93. The number of thiazole rings is 1. The van der Waals surface area contributed by atoms with Gasteiger partial charge in [0.15, 0.2) is 4.96 Å². The highest BCUT2D eigenvalue weighted by Gasteiger charge is 2.22. The molecule has 0 N–H and O–H groups in total. The molecule has 0 radical (unpaired) electrons. The van der Waals surface area contributed by atoms with Crippen molar-refractivity contribution in [2.24, 2.45) is 0 Å². The monoisotopic (exact) mass is 341 g/mol. The molecule has 0 aliphatic carbocycles. The van der Waals surface area contributed by atoms with Crippen molar-refractivity contribution in [1.29, 1.82) is 0 Å². The molecule has 1 saturated heterocycles. The maximum atomic E-state index is 12.8. The fraction of sp³-hybridized carbons (Fsp3) is 0.333. The van der Waals surface area contributed by atoms with Gasteiger partial charge in [-0.1, -0.05) is 17.7 Å². The second kappa shape index (κ2) is 6.03. The van der Waals surface area contributed by atoms with Gasteiger partial charge in [0.25, 0.3) is 5.91 Å². The summed E-state index contributed by atoms with van der Waals surface area (Å²) in [5.41, 5.74) is 5.11. The molecular weight excluding hydrogens is 322 g/mol. The summed E-state index contributed by atoms with van der Waals surface area (Å²) in [6.07, 6.45) is 1.97. The number of ether oxygens (including phenoxy) is 1. The molecule has 3 aromatic rings. The summed E-state index contributed by atoms with van der Waals surface area (Å²) >= 11 is 1.50. The summed E-state index contributed by atoms with van der Waals surface area (Å²) in [5.74, 6) is 0.0504. The summed E-state index contributed by atoms with van der Waals surface area (Å²) in [6.45, 7) is 6.67. The SMILES string of the molecule is Cc1ccc(C)c(-c2cn3c(C(=O)N4CCOCC4)csc3n2)c1. The van der Waals surface area contributed by atoms with Crippen LogP contribution in [0.4, 0.5) is 0 Å². The lowest BCUT2D eigenvalue weighted by Gasteiger charge is -2.26. The molecule has 0 atom stereocenters. The predicted molar refractivity (Wildman–Crippen MR) is 94.7 cm³/mol. The summed E-state index contributed by atoms with van der Waals surface area (Å²) in [5, 5.41) is 1.90. The van der Waals surface area contributed by atoms with Crippen LogP contribution in [0.3, 0.4) is 0 Å². The van der Waals surface area contributed by atoms with Gasteiger partial charge >= 0.3 is 0 Å². The van der Waals surface area contributed by atoms with Gasteiger partial charge in [-0.25, -0.2) is 4.98 Å². The Hall–Kier alpha value is -2.18. The van der Waals surface area contributed by atoms with Crippen LogP contribution in [0, 0.1) is 13.8 Å². The zero-order valence-corrected chi connectivity index (χ0v) is 14.6. The number of imidazole rings is 1. The van der Waals surface area contributed by atoms with Gasteiger partial charge in [-0.15, -0.1) is 11.3 Å². The largest absolute Gasteiger partial charge is 0.378 e. The Balaban J connectivity index is 1.73. The Labute approximate surface area is 144 Å². The van der Waals surface area contributed by atoms with E-state index in [0.717, 1.165) is 16.2 Å². The van der Waals surface area contributed by atoms with Crippen LogP contribution in [0.2, 0.25) is 0 Å². The van der Waals surface area contributed by atoms with E-state index in [0.29, 0.717) is 32.0 Å². The minimum absolute atomic E-state index is 0.0504. The van der Waals surface area contributed by atoms with E-state index in [9.17, 15) is 4.79 Å². The third-order valence-corrected chi connectivity index (χ3v) is 5.24. The van der Waals surface area contributed by atoms with Gasteiger partial charge in [0.2, 0.25) is 0 Å². The fourth-order valence-electron chi connectivity index (χ4n) is 3.01. The molecule has 5 nitrogen and oxygen atoms in total. The molecule has 1 aliphatic heterocycles. The smallest absolute Gasteiger partial charge is 0.271 e. The molecule has 24 heavy (non-hydrogen) atoms. The molecule has 0 unspecified atom stereocenters. The number of aromatic nitrogens is 2. The topological polar surface area (TPSA) is 46.8 Å². The molecule has 124 valence electrons. The molecule has 2 aromatic heterocycles. The van der Waals surface area contributed by atoms with E-state index < -0.39 is 0 Å². The van der Waals surface area contributed by atoms with Crippen LogP contribution in [0.15, 0.2) is 29.8 Å². The van der Waals surface area contributed by atoms with E-state index in [-0.39, 0.29) is 5.91 Å². The molecule has 0 spiro atoms. The van der Waals surface area contributed by atoms with E-state index in [2.05, 4.69) is 32.0 Å². The van der Waals surface area contributed by atoms with E-state index in [1.807, 2.05) is 20.9 Å². The Morgan fingerprint density at radius 1 is 1.25 bits per heavy atom. The van der Waals surface area contributed by atoms with Gasteiger partial charge in [-0.3, -0.25) is 9.20 Å². The maximum absolute atomic E-state index is 12.8. The minimum Gasteiger partial charge on any atom is -0.378 e. The van der Waals surface area contributed by atoms with Crippen molar-refractivity contribution in [1.82, 2.24) is 14.3 Å². The number of hydrogen-bond acceptors (Lipinski definition) is 4. The number of morpholine rings is 1. The van der Waals surface area contributed by atoms with Crippen LogP contribution >= 0.6 is 11.3 Å². The van der Waals surface area contributed by atoms with Gasteiger partial charge in [0.1, 0.15) is 5.69 Å². The Kier molecular flexibility index (Phi) is 3.86. The van der Waals surface area contributed by atoms with Crippen molar-refractivity contribution in [3.05, 3.63) is 46.6 Å². The Morgan fingerprint density at radius 2 is 2.04 bits per heavy atom. The summed E-state index contributed by atoms with van der Waals surface area (Å²) in [4.78, 5) is 20.2. The molecular formula is C18H19N3O2S. The van der Waals surface area contributed by atoms with Crippen LogP contribution in [-0.4, -0.2) is 46.5 Å². The lowest BCUT2D eigenvalue weighted by atomic mass is 10.0. The second-order valence-corrected chi connectivity index (χ2v) is 6.96. The summed E-state index contributed by atoms with van der Waals surface area (Å²) < 4.78 is 7.25. The van der Waals surface area contributed by atoms with Crippen LogP contribution < -0.4 is 0 Å². The average molecular weight is 341 g/mol. The minimum atomic E-state index is 0.0504. The summed E-state index contributed by atoms with van der Waals surface area (Å²) in [6, 6.07) is 6.35. The highest BCUT2D eigenvalue weighted by Crippen LogP contribution is 2.27. The third-order valence-electron chi connectivity index (χ3n) is 4.40. The number of benzene rings is 1. The van der Waals surface area contributed by atoms with Crippen LogP contribution in [-0.2, 0) is 4.74 Å². The second-order valence-electron chi connectivity index (χ2n) is 6.12. The van der Waals surface area contributed by atoms with Crippen molar-refractivity contribution >= 4 is 22.2 Å². The van der Waals surface area contributed by atoms with E-state index in [4.69, 9.17) is 9.72 Å². The number of nitrogens with zero attached hydrogens (tertiary/aromatic N) is 3. The van der Waals surface area contributed by atoms with Crippen LogP contribution in [0.1, 0.15) is 21.6 Å². The number of amides is 1. The molecule has 3 heterocycles. The highest BCUT2D eigenvalue weighted by atomic mass is 32.1. The van der Waals surface area contributed by atoms with Crippen molar-refractivity contribution in [3.63, 3.8) is 0 Å². The van der Waals surface area contributed by atoms with Crippen molar-refractivity contribution in [2.45, 2.75) is 13.8 Å². The Morgan fingerprint density at radius 3 is 2.83 bits per heavy atom. The maximum Gasteiger partial charge on any atom is 0.271 e. The zero-order valence-electron chi connectivity index (χ0n) is 13.8. The van der Waals surface area contributed by atoms with Gasteiger partial charge in [-0.05, 0) is 25.5 Å². The molecule has 0 saturated carbocycles. The van der Waals surface area contributed by atoms with E-state index >= 15 is 0 Å². The molecule has 4 rings (SSSR count). The van der Waals surface area contributed by atoms with Gasteiger partial charge in [0, 0.05) is 30.2 Å². The molecule has 0 bridgehead atoms. The number of hydrogen-bond donors (Lipinski definition) is 0. The summed E-state index contributed by atoms with van der Waals surface area (Å²) in [7, 11) is 0. The molecule has 1 fully saturated rings. The van der Waals surface area contributed by atoms with Gasteiger partial charge < -0.3 is 9.64 Å².